The zero-order chi connectivity index (χ0) is 11.7. The van der Waals surface area contributed by atoms with Crippen LogP contribution in [0.25, 0.3) is 5.69 Å². The number of aryl methyl sites for hydroxylation is 2. The Morgan fingerprint density at radius 3 is 2.69 bits per heavy atom. The van der Waals surface area contributed by atoms with E-state index in [0.29, 0.717) is 11.5 Å². The van der Waals surface area contributed by atoms with Crippen LogP contribution in [0.5, 0.6) is 0 Å². The first-order valence-corrected chi connectivity index (χ1v) is 4.72. The van der Waals surface area contributed by atoms with Crippen LogP contribution in [0.4, 0.5) is 5.69 Å². The zero-order valence-corrected chi connectivity index (χ0v) is 8.91. The molecule has 0 N–H and O–H groups in total. The maximum atomic E-state index is 10.9. The molecule has 0 atom stereocenters. The van der Waals surface area contributed by atoms with Gasteiger partial charge in [0.05, 0.1) is 4.92 Å². The predicted octanol–water partition coefficient (Wildman–Crippen LogP) is 1.79. The number of para-hydroxylation sites is 1. The highest BCUT2D eigenvalue weighted by Crippen LogP contribution is 2.25. The summed E-state index contributed by atoms with van der Waals surface area (Å²) in [6.45, 7) is 3.56. The molecule has 0 aliphatic rings. The fourth-order valence-electron chi connectivity index (χ4n) is 1.59. The summed E-state index contributed by atoms with van der Waals surface area (Å²) in [6.07, 6.45) is 1.38. The lowest BCUT2D eigenvalue weighted by molar-refractivity contribution is -0.384. The van der Waals surface area contributed by atoms with Gasteiger partial charge in [-0.2, -0.15) is 5.10 Å². The normalized spacial score (nSPS) is 10.4. The average molecular weight is 218 g/mol. The van der Waals surface area contributed by atoms with Crippen LogP contribution in [0.1, 0.15) is 11.4 Å². The lowest BCUT2D eigenvalue weighted by atomic mass is 10.1. The molecule has 6 heteroatoms. The Bertz CT molecular complexity index is 548. The van der Waals surface area contributed by atoms with Crippen LogP contribution in [0.3, 0.4) is 0 Å². The van der Waals surface area contributed by atoms with Crippen molar-refractivity contribution in [3.05, 3.63) is 46.0 Å². The standard InChI is InChI=1S/C10H10N4O2/c1-7-4-3-5-9(14(15)16)10(7)13-8(2)11-6-12-13/h3-6H,1-2H3. The minimum Gasteiger partial charge on any atom is -0.258 e. The van der Waals surface area contributed by atoms with Crippen molar-refractivity contribution in [2.45, 2.75) is 13.8 Å². The molecular formula is C10H10N4O2. The molecule has 0 aliphatic carbocycles. The van der Waals surface area contributed by atoms with Gasteiger partial charge in [-0.3, -0.25) is 10.1 Å². The van der Waals surface area contributed by atoms with Crippen molar-refractivity contribution in [1.29, 1.82) is 0 Å². The molecule has 0 saturated carbocycles. The number of hydrogen-bond donors (Lipinski definition) is 0. The molecule has 82 valence electrons. The minimum atomic E-state index is -0.413. The third kappa shape index (κ3) is 1.54. The quantitative estimate of drug-likeness (QED) is 0.569. The molecule has 16 heavy (non-hydrogen) atoms. The maximum Gasteiger partial charge on any atom is 0.295 e. The number of hydrogen-bond acceptors (Lipinski definition) is 4. The molecule has 0 saturated heterocycles. The van der Waals surface area contributed by atoms with Crippen molar-refractivity contribution < 1.29 is 4.92 Å². The van der Waals surface area contributed by atoms with Crippen LogP contribution < -0.4 is 0 Å². The molecule has 1 heterocycles. The molecule has 2 aromatic rings. The highest BCUT2D eigenvalue weighted by molar-refractivity contribution is 5.56. The van der Waals surface area contributed by atoms with Crippen molar-refractivity contribution in [1.82, 2.24) is 14.8 Å². The number of rotatable bonds is 2. The van der Waals surface area contributed by atoms with Crippen LogP contribution in [0.15, 0.2) is 24.5 Å². The van der Waals surface area contributed by atoms with E-state index in [4.69, 9.17) is 0 Å². The molecule has 2 rings (SSSR count). The number of nitro benzene ring substituents is 1. The van der Waals surface area contributed by atoms with Gasteiger partial charge < -0.3 is 0 Å². The van der Waals surface area contributed by atoms with Gasteiger partial charge in [0.1, 0.15) is 17.8 Å². The van der Waals surface area contributed by atoms with Gasteiger partial charge in [0.2, 0.25) is 0 Å². The lowest BCUT2D eigenvalue weighted by Gasteiger charge is -2.07. The number of benzene rings is 1. The van der Waals surface area contributed by atoms with Crippen LogP contribution in [0.2, 0.25) is 0 Å². The average Bonchev–Trinajstić information content (AvgIpc) is 2.64. The van der Waals surface area contributed by atoms with Gasteiger partial charge in [0.15, 0.2) is 0 Å². The molecule has 0 bridgehead atoms. The second-order valence-electron chi connectivity index (χ2n) is 3.42. The van der Waals surface area contributed by atoms with Gasteiger partial charge in [0.25, 0.3) is 5.69 Å². The van der Waals surface area contributed by atoms with Gasteiger partial charge in [0, 0.05) is 6.07 Å². The van der Waals surface area contributed by atoms with E-state index in [2.05, 4.69) is 10.1 Å². The summed E-state index contributed by atoms with van der Waals surface area (Å²) in [5, 5.41) is 14.9. The van der Waals surface area contributed by atoms with E-state index < -0.39 is 4.92 Å². The Hall–Kier alpha value is -2.24. The van der Waals surface area contributed by atoms with Crippen molar-refractivity contribution in [2.24, 2.45) is 0 Å². The molecule has 1 aromatic carbocycles. The molecule has 1 aromatic heterocycles. The van der Waals surface area contributed by atoms with Gasteiger partial charge >= 0.3 is 0 Å². The van der Waals surface area contributed by atoms with Gasteiger partial charge in [-0.15, -0.1) is 0 Å². The molecule has 0 unspecified atom stereocenters. The second-order valence-corrected chi connectivity index (χ2v) is 3.42. The van der Waals surface area contributed by atoms with Crippen molar-refractivity contribution >= 4 is 5.69 Å². The van der Waals surface area contributed by atoms with E-state index in [1.165, 1.54) is 17.1 Å². The minimum absolute atomic E-state index is 0.0357. The van der Waals surface area contributed by atoms with Gasteiger partial charge in [-0.05, 0) is 19.4 Å². The molecular weight excluding hydrogens is 208 g/mol. The van der Waals surface area contributed by atoms with E-state index in [0.717, 1.165) is 5.56 Å². The fraction of sp³-hybridized carbons (Fsp3) is 0.200. The summed E-state index contributed by atoms with van der Waals surface area (Å²) < 4.78 is 1.48. The third-order valence-electron chi connectivity index (χ3n) is 2.34. The van der Waals surface area contributed by atoms with E-state index in [-0.39, 0.29) is 5.69 Å². The summed E-state index contributed by atoms with van der Waals surface area (Å²) in [6, 6.07) is 4.93. The monoisotopic (exact) mass is 218 g/mol. The van der Waals surface area contributed by atoms with E-state index in [1.807, 2.05) is 13.0 Å². The Morgan fingerprint density at radius 2 is 2.12 bits per heavy atom. The lowest BCUT2D eigenvalue weighted by Crippen LogP contribution is -2.05. The van der Waals surface area contributed by atoms with E-state index >= 15 is 0 Å². The van der Waals surface area contributed by atoms with Gasteiger partial charge in [-0.25, -0.2) is 9.67 Å². The first-order chi connectivity index (χ1) is 7.61. The number of nitro groups is 1. The van der Waals surface area contributed by atoms with Crippen molar-refractivity contribution in [3.63, 3.8) is 0 Å². The summed E-state index contributed by atoms with van der Waals surface area (Å²) in [7, 11) is 0. The van der Waals surface area contributed by atoms with Crippen LogP contribution in [0, 0.1) is 24.0 Å². The molecule has 6 nitrogen and oxygen atoms in total. The molecule has 0 amide bonds. The largest absolute Gasteiger partial charge is 0.295 e. The first-order valence-electron chi connectivity index (χ1n) is 4.72. The molecule has 0 spiro atoms. The Balaban J connectivity index is 2.73. The Morgan fingerprint density at radius 1 is 1.38 bits per heavy atom. The topological polar surface area (TPSA) is 73.8 Å². The number of aromatic nitrogens is 3. The van der Waals surface area contributed by atoms with Crippen LogP contribution >= 0.6 is 0 Å². The van der Waals surface area contributed by atoms with E-state index in [1.54, 1.807) is 13.0 Å². The molecule has 0 fully saturated rings. The predicted molar refractivity (Wildman–Crippen MR) is 57.5 cm³/mol. The van der Waals surface area contributed by atoms with Crippen LogP contribution in [-0.2, 0) is 0 Å². The molecule has 0 radical (unpaired) electrons. The fourth-order valence-corrected chi connectivity index (χ4v) is 1.59. The highest BCUT2D eigenvalue weighted by Gasteiger charge is 2.19. The van der Waals surface area contributed by atoms with E-state index in [9.17, 15) is 10.1 Å². The molecule has 0 aliphatic heterocycles. The van der Waals surface area contributed by atoms with Crippen molar-refractivity contribution in [3.8, 4) is 5.69 Å². The summed E-state index contributed by atoms with van der Waals surface area (Å²) in [4.78, 5) is 14.5. The zero-order valence-electron chi connectivity index (χ0n) is 8.91. The van der Waals surface area contributed by atoms with Gasteiger partial charge in [-0.1, -0.05) is 12.1 Å². The number of nitrogens with zero attached hydrogens (tertiary/aromatic N) is 4. The maximum absolute atomic E-state index is 10.9. The van der Waals surface area contributed by atoms with Crippen LogP contribution in [-0.4, -0.2) is 19.7 Å². The summed E-state index contributed by atoms with van der Waals surface area (Å²) in [5.74, 6) is 0.623. The first kappa shape index (κ1) is 10.3. The SMILES string of the molecule is Cc1cccc([N+](=O)[O-])c1-n1ncnc1C. The highest BCUT2D eigenvalue weighted by atomic mass is 16.6. The second kappa shape index (κ2) is 3.73. The third-order valence-corrected chi connectivity index (χ3v) is 2.34. The Labute approximate surface area is 91.7 Å². The smallest absolute Gasteiger partial charge is 0.258 e. The Kier molecular flexibility index (Phi) is 2.40. The summed E-state index contributed by atoms with van der Waals surface area (Å²) in [5.41, 5.74) is 1.30. The van der Waals surface area contributed by atoms with Crippen molar-refractivity contribution in [2.75, 3.05) is 0 Å². The summed E-state index contributed by atoms with van der Waals surface area (Å²) >= 11 is 0.